The smallest absolute Gasteiger partial charge is 0.372 e. The molecule has 0 radical (unpaired) electrons. The second-order valence-electron chi connectivity index (χ2n) is 9.25. The number of nitriles is 1. The number of carbonyl (C=O) groups excluding carboxylic acids is 2. The molecule has 2 N–H and O–H groups in total. The van der Waals surface area contributed by atoms with Crippen LogP contribution in [-0.2, 0) is 11.0 Å². The molecule has 0 spiro atoms. The van der Waals surface area contributed by atoms with Crippen molar-refractivity contribution < 1.29 is 22.8 Å². The Morgan fingerprint density at radius 1 is 1.06 bits per heavy atom. The number of rotatable bonds is 4. The molecule has 2 aromatic carbocycles. The lowest BCUT2D eigenvalue weighted by Gasteiger charge is -2.37. The number of urea groups is 1. The molecule has 2 atom stereocenters. The van der Waals surface area contributed by atoms with Crippen molar-refractivity contribution >= 4 is 23.3 Å². The fourth-order valence-corrected chi connectivity index (χ4v) is 5.31. The van der Waals surface area contributed by atoms with Crippen molar-refractivity contribution in [3.63, 3.8) is 0 Å². The third-order valence-corrected chi connectivity index (χ3v) is 7.20. The molecule has 7 nitrogen and oxygen atoms in total. The van der Waals surface area contributed by atoms with E-state index in [0.29, 0.717) is 50.4 Å². The minimum absolute atomic E-state index is 0.0414. The van der Waals surface area contributed by atoms with Gasteiger partial charge in [0.2, 0.25) is 5.91 Å². The first-order chi connectivity index (χ1) is 17.2. The lowest BCUT2D eigenvalue weighted by atomic mass is 9.78. The number of halogens is 3. The Kier molecular flexibility index (Phi) is 7.38. The van der Waals surface area contributed by atoms with E-state index < -0.39 is 17.3 Å². The first-order valence-corrected chi connectivity index (χ1v) is 11.9. The molecule has 2 fully saturated rings. The minimum atomic E-state index is -4.60. The van der Waals surface area contributed by atoms with E-state index in [1.165, 1.54) is 6.07 Å². The Morgan fingerprint density at radius 3 is 2.36 bits per heavy atom. The van der Waals surface area contributed by atoms with Crippen LogP contribution in [0.3, 0.4) is 0 Å². The van der Waals surface area contributed by atoms with Crippen molar-refractivity contribution in [2.45, 2.75) is 19.0 Å². The second-order valence-corrected chi connectivity index (χ2v) is 9.25. The Labute approximate surface area is 207 Å². The van der Waals surface area contributed by atoms with E-state index in [4.69, 9.17) is 5.26 Å². The highest BCUT2D eigenvalue weighted by atomic mass is 19.4. The second kappa shape index (κ2) is 10.5. The summed E-state index contributed by atoms with van der Waals surface area (Å²) in [5.74, 6) is -0.349. The zero-order valence-electron chi connectivity index (χ0n) is 19.9. The van der Waals surface area contributed by atoms with Gasteiger partial charge in [0.25, 0.3) is 0 Å². The molecular weight excluding hydrogens is 471 g/mol. The van der Waals surface area contributed by atoms with Crippen molar-refractivity contribution in [1.82, 2.24) is 10.2 Å². The Morgan fingerprint density at radius 2 is 1.75 bits per heavy atom. The summed E-state index contributed by atoms with van der Waals surface area (Å²) in [7, 11) is 1.58. The maximum absolute atomic E-state index is 13.4. The summed E-state index contributed by atoms with van der Waals surface area (Å²) in [6.45, 7) is 1.81. The molecule has 2 aliphatic rings. The Bertz CT molecular complexity index is 1140. The lowest BCUT2D eigenvalue weighted by Crippen LogP contribution is -2.41. The number of benzene rings is 2. The third kappa shape index (κ3) is 5.40. The summed E-state index contributed by atoms with van der Waals surface area (Å²) in [5, 5.41) is 14.6. The predicted octanol–water partition coefficient (Wildman–Crippen LogP) is 4.32. The Hall–Kier alpha value is -3.74. The molecule has 36 heavy (non-hydrogen) atoms. The van der Waals surface area contributed by atoms with E-state index in [1.54, 1.807) is 36.2 Å². The highest BCUT2D eigenvalue weighted by molar-refractivity contribution is 5.90. The molecule has 2 saturated heterocycles. The number of piperidine rings is 1. The van der Waals surface area contributed by atoms with E-state index in [-0.39, 0.29) is 29.7 Å². The summed E-state index contributed by atoms with van der Waals surface area (Å²) in [6, 6.07) is 14.3. The topological polar surface area (TPSA) is 88.5 Å². The monoisotopic (exact) mass is 499 g/mol. The summed E-state index contributed by atoms with van der Waals surface area (Å²) in [6.07, 6.45) is -3.23. The first-order valence-electron chi connectivity index (χ1n) is 11.9. The van der Waals surface area contributed by atoms with Crippen molar-refractivity contribution in [3.8, 4) is 6.07 Å². The van der Waals surface area contributed by atoms with E-state index in [1.807, 2.05) is 23.1 Å². The summed E-state index contributed by atoms with van der Waals surface area (Å²) < 4.78 is 40.2. The number of anilines is 2. The van der Waals surface area contributed by atoms with Crippen molar-refractivity contribution in [2.24, 2.45) is 17.8 Å². The Balaban J connectivity index is 1.44. The largest absolute Gasteiger partial charge is 0.417 e. The van der Waals surface area contributed by atoms with E-state index in [2.05, 4.69) is 10.6 Å². The van der Waals surface area contributed by atoms with Gasteiger partial charge in [0.15, 0.2) is 0 Å². The van der Waals surface area contributed by atoms with Gasteiger partial charge in [-0.25, -0.2) is 4.79 Å². The van der Waals surface area contributed by atoms with Crippen LogP contribution in [0.2, 0.25) is 0 Å². The maximum atomic E-state index is 13.4. The van der Waals surface area contributed by atoms with Gasteiger partial charge in [0.05, 0.1) is 23.1 Å². The van der Waals surface area contributed by atoms with Crippen molar-refractivity contribution in [2.75, 3.05) is 43.4 Å². The number of hydrogen-bond acceptors (Lipinski definition) is 4. The fourth-order valence-electron chi connectivity index (χ4n) is 5.31. The average Bonchev–Trinajstić information content (AvgIpc) is 3.34. The summed E-state index contributed by atoms with van der Waals surface area (Å²) in [5.41, 5.74) is -0.219. The number of carbonyl (C=O) groups is 2. The third-order valence-electron chi connectivity index (χ3n) is 7.20. The van der Waals surface area contributed by atoms with Gasteiger partial charge < -0.3 is 20.4 Å². The SMILES string of the molecule is CNC(=O)[C@@H]1CN(C(=O)Nc2ccccc2)C[C@H]1C1CCN(c2ccc(C#N)c(C(F)(F)F)c2)CC1. The van der Waals surface area contributed by atoms with Crippen LogP contribution in [0, 0.1) is 29.1 Å². The zero-order valence-corrected chi connectivity index (χ0v) is 19.9. The normalized spacial score (nSPS) is 20.6. The number of nitrogens with zero attached hydrogens (tertiary/aromatic N) is 3. The molecular formula is C26H28F3N5O2. The number of amides is 3. The molecule has 10 heteroatoms. The quantitative estimate of drug-likeness (QED) is 0.656. The van der Waals surface area contributed by atoms with Crippen LogP contribution in [0.1, 0.15) is 24.0 Å². The predicted molar refractivity (Wildman–Crippen MR) is 129 cm³/mol. The highest BCUT2D eigenvalue weighted by Crippen LogP contribution is 2.39. The summed E-state index contributed by atoms with van der Waals surface area (Å²) >= 11 is 0. The van der Waals surface area contributed by atoms with Gasteiger partial charge in [-0.2, -0.15) is 18.4 Å². The van der Waals surface area contributed by atoms with E-state index >= 15 is 0 Å². The molecule has 0 aromatic heterocycles. The average molecular weight is 500 g/mol. The van der Waals surface area contributed by atoms with Gasteiger partial charge in [-0.1, -0.05) is 18.2 Å². The molecule has 0 aliphatic carbocycles. The van der Waals surface area contributed by atoms with E-state index in [9.17, 15) is 22.8 Å². The lowest BCUT2D eigenvalue weighted by molar-refractivity contribution is -0.137. The number of para-hydroxylation sites is 1. The van der Waals surface area contributed by atoms with Gasteiger partial charge in [0.1, 0.15) is 0 Å². The van der Waals surface area contributed by atoms with Gasteiger partial charge in [-0.15, -0.1) is 0 Å². The fraction of sp³-hybridized carbons (Fsp3) is 0.423. The molecule has 0 unspecified atom stereocenters. The number of nitrogens with one attached hydrogen (secondary N) is 2. The highest BCUT2D eigenvalue weighted by Gasteiger charge is 2.44. The van der Waals surface area contributed by atoms with Crippen LogP contribution in [0.4, 0.5) is 29.3 Å². The number of hydrogen-bond donors (Lipinski definition) is 2. The van der Waals surface area contributed by atoms with Gasteiger partial charge in [0, 0.05) is 44.6 Å². The van der Waals surface area contributed by atoms with Crippen molar-refractivity contribution in [1.29, 1.82) is 5.26 Å². The van der Waals surface area contributed by atoms with Gasteiger partial charge >= 0.3 is 12.2 Å². The van der Waals surface area contributed by atoms with Crippen LogP contribution in [0.15, 0.2) is 48.5 Å². The number of likely N-dealkylation sites (tertiary alicyclic amines) is 1. The summed E-state index contributed by atoms with van der Waals surface area (Å²) in [4.78, 5) is 29.1. The van der Waals surface area contributed by atoms with Gasteiger partial charge in [-0.3, -0.25) is 4.79 Å². The van der Waals surface area contributed by atoms with Crippen LogP contribution in [-0.4, -0.2) is 50.1 Å². The van der Waals surface area contributed by atoms with Crippen LogP contribution < -0.4 is 15.5 Å². The molecule has 2 heterocycles. The zero-order chi connectivity index (χ0) is 25.9. The standard InChI is InChI=1S/C26H28F3N5O2/c1-31-24(35)22-16-34(25(36)32-19-5-3-2-4-6-19)15-21(22)17-9-11-33(12-10-17)20-8-7-18(14-30)23(13-20)26(27,28)29/h2-8,13,17,21-22H,9-12,15-16H2,1H3,(H,31,35)(H,32,36)/t21-,22+/m0/s1. The first kappa shape index (κ1) is 25.4. The molecule has 2 aromatic rings. The van der Waals surface area contributed by atoms with Crippen LogP contribution >= 0.6 is 0 Å². The molecule has 2 aliphatic heterocycles. The molecule has 0 saturated carbocycles. The van der Waals surface area contributed by atoms with Gasteiger partial charge in [-0.05, 0) is 55.0 Å². The van der Waals surface area contributed by atoms with Crippen molar-refractivity contribution in [3.05, 3.63) is 59.7 Å². The number of alkyl halides is 3. The molecule has 190 valence electrons. The molecule has 3 amide bonds. The minimum Gasteiger partial charge on any atom is -0.372 e. The van der Waals surface area contributed by atoms with E-state index in [0.717, 1.165) is 6.07 Å². The molecule has 0 bridgehead atoms. The molecule has 4 rings (SSSR count). The van der Waals surface area contributed by atoms with Crippen LogP contribution in [0.25, 0.3) is 0 Å². The van der Waals surface area contributed by atoms with Crippen LogP contribution in [0.5, 0.6) is 0 Å². The maximum Gasteiger partial charge on any atom is 0.417 e.